The van der Waals surface area contributed by atoms with Gasteiger partial charge in [-0.3, -0.25) is 4.79 Å². The average Bonchev–Trinajstić information content (AvgIpc) is 2.45. The molecule has 1 N–H and O–H groups in total. The molecule has 1 aromatic rings. The van der Waals surface area contributed by atoms with Gasteiger partial charge in [-0.05, 0) is 51.6 Å². The number of ether oxygens (including phenoxy) is 1. The van der Waals surface area contributed by atoms with Crippen molar-refractivity contribution in [2.24, 2.45) is 5.92 Å². The molecule has 0 saturated carbocycles. The fraction of sp³-hybridized carbons (Fsp3) is 0.611. The molecule has 4 heteroatoms. The highest BCUT2D eigenvalue weighted by Crippen LogP contribution is 2.26. The van der Waals surface area contributed by atoms with Crippen molar-refractivity contribution in [3.63, 3.8) is 0 Å². The van der Waals surface area contributed by atoms with Gasteiger partial charge in [0.2, 0.25) is 5.91 Å². The summed E-state index contributed by atoms with van der Waals surface area (Å²) in [5.74, 6) is 0.968. The number of benzene rings is 1. The molecule has 0 aliphatic carbocycles. The highest BCUT2D eigenvalue weighted by Gasteiger charge is 2.27. The topological polar surface area (TPSA) is 41.6 Å². The second-order valence-electron chi connectivity index (χ2n) is 6.92. The molecule has 1 unspecified atom stereocenters. The summed E-state index contributed by atoms with van der Waals surface area (Å²) in [4.78, 5) is 14.8. The fourth-order valence-corrected chi connectivity index (χ4v) is 2.22. The van der Waals surface area contributed by atoms with Gasteiger partial charge in [0, 0.05) is 12.1 Å². The van der Waals surface area contributed by atoms with E-state index < -0.39 is 0 Å². The van der Waals surface area contributed by atoms with Crippen molar-refractivity contribution in [1.82, 2.24) is 10.2 Å². The van der Waals surface area contributed by atoms with E-state index >= 15 is 0 Å². The van der Waals surface area contributed by atoms with Crippen molar-refractivity contribution in [2.75, 3.05) is 27.7 Å². The van der Waals surface area contributed by atoms with E-state index in [0.717, 1.165) is 11.3 Å². The minimum Gasteiger partial charge on any atom is -0.497 e. The van der Waals surface area contributed by atoms with E-state index in [9.17, 15) is 4.79 Å². The molecule has 0 aliphatic heterocycles. The first-order chi connectivity index (χ1) is 10.2. The third-order valence-corrected chi connectivity index (χ3v) is 4.33. The lowest BCUT2D eigenvalue weighted by Gasteiger charge is -2.33. The number of methoxy groups -OCH3 is 1. The highest BCUT2D eigenvalue weighted by molar-refractivity contribution is 5.84. The number of carbonyl (C=O) groups is 1. The Hall–Kier alpha value is -1.55. The maximum atomic E-state index is 12.6. The maximum absolute atomic E-state index is 12.6. The van der Waals surface area contributed by atoms with Gasteiger partial charge >= 0.3 is 0 Å². The Morgan fingerprint density at radius 2 is 1.77 bits per heavy atom. The van der Waals surface area contributed by atoms with Crippen LogP contribution in [0.25, 0.3) is 0 Å². The minimum absolute atomic E-state index is 0.0723. The standard InChI is InChI=1S/C18H30N2O2/c1-13(2)16(14-8-10-15(22-7)11-9-14)17(21)19-12-18(3,4)20(5)6/h8-11,13,16H,12H2,1-7H3,(H,19,21). The number of rotatable bonds is 7. The lowest BCUT2D eigenvalue weighted by molar-refractivity contribution is -0.124. The van der Waals surface area contributed by atoms with E-state index in [2.05, 4.69) is 37.9 Å². The lowest BCUT2D eigenvalue weighted by atomic mass is 9.87. The van der Waals surface area contributed by atoms with Gasteiger partial charge in [0.15, 0.2) is 0 Å². The highest BCUT2D eigenvalue weighted by atomic mass is 16.5. The molecular weight excluding hydrogens is 276 g/mol. The second kappa shape index (κ2) is 7.63. The van der Waals surface area contributed by atoms with Crippen LogP contribution in [0.5, 0.6) is 5.75 Å². The summed E-state index contributed by atoms with van der Waals surface area (Å²) >= 11 is 0. The van der Waals surface area contributed by atoms with Gasteiger partial charge in [-0.15, -0.1) is 0 Å². The third-order valence-electron chi connectivity index (χ3n) is 4.33. The van der Waals surface area contributed by atoms with E-state index in [0.29, 0.717) is 6.54 Å². The van der Waals surface area contributed by atoms with Crippen molar-refractivity contribution in [2.45, 2.75) is 39.2 Å². The third kappa shape index (κ3) is 4.73. The summed E-state index contributed by atoms with van der Waals surface area (Å²) in [7, 11) is 5.69. The Morgan fingerprint density at radius 3 is 2.18 bits per heavy atom. The molecule has 0 radical (unpaired) electrons. The van der Waals surface area contributed by atoms with Crippen LogP contribution < -0.4 is 10.1 Å². The zero-order valence-corrected chi connectivity index (χ0v) is 14.9. The zero-order valence-electron chi connectivity index (χ0n) is 14.9. The molecule has 22 heavy (non-hydrogen) atoms. The van der Waals surface area contributed by atoms with Crippen molar-refractivity contribution < 1.29 is 9.53 Å². The maximum Gasteiger partial charge on any atom is 0.227 e. The van der Waals surface area contributed by atoms with Gasteiger partial charge in [0.1, 0.15) is 5.75 Å². The molecule has 1 atom stereocenters. The number of nitrogens with zero attached hydrogens (tertiary/aromatic N) is 1. The van der Waals surface area contributed by atoms with Crippen molar-refractivity contribution in [3.8, 4) is 5.75 Å². The molecule has 0 fully saturated rings. The summed E-state index contributed by atoms with van der Waals surface area (Å²) < 4.78 is 5.18. The predicted molar refractivity (Wildman–Crippen MR) is 91.3 cm³/mol. The van der Waals surface area contributed by atoms with Gasteiger partial charge in [-0.25, -0.2) is 0 Å². The minimum atomic E-state index is -0.149. The van der Waals surface area contributed by atoms with Gasteiger partial charge in [0.25, 0.3) is 0 Å². The summed E-state index contributed by atoms with van der Waals surface area (Å²) in [5, 5.41) is 3.10. The number of likely N-dealkylation sites (N-methyl/N-ethyl adjacent to an activating group) is 1. The van der Waals surface area contributed by atoms with Crippen LogP contribution in [0.3, 0.4) is 0 Å². The number of hydrogen-bond acceptors (Lipinski definition) is 3. The monoisotopic (exact) mass is 306 g/mol. The molecule has 0 aliphatic rings. The predicted octanol–water partition coefficient (Wildman–Crippen LogP) is 2.89. The van der Waals surface area contributed by atoms with Gasteiger partial charge in [0.05, 0.1) is 13.0 Å². The first-order valence-corrected chi connectivity index (χ1v) is 7.78. The molecule has 1 rings (SSSR count). The van der Waals surface area contributed by atoms with E-state index in [1.54, 1.807) is 7.11 Å². The second-order valence-corrected chi connectivity index (χ2v) is 6.92. The Bertz CT molecular complexity index is 478. The van der Waals surface area contributed by atoms with E-state index in [-0.39, 0.29) is 23.3 Å². The Kier molecular flexibility index (Phi) is 6.42. The van der Waals surface area contributed by atoms with Crippen LogP contribution in [0.1, 0.15) is 39.2 Å². The summed E-state index contributed by atoms with van der Waals surface area (Å²) in [6.45, 7) is 9.01. The molecule has 0 aromatic heterocycles. The molecule has 1 amide bonds. The van der Waals surface area contributed by atoms with E-state index in [4.69, 9.17) is 4.74 Å². The number of nitrogens with one attached hydrogen (secondary N) is 1. The Morgan fingerprint density at radius 1 is 1.23 bits per heavy atom. The first-order valence-electron chi connectivity index (χ1n) is 7.78. The number of hydrogen-bond donors (Lipinski definition) is 1. The quantitative estimate of drug-likeness (QED) is 0.842. The van der Waals surface area contributed by atoms with Gasteiger partial charge in [-0.2, -0.15) is 0 Å². The van der Waals surface area contributed by atoms with Crippen LogP contribution in [0, 0.1) is 5.92 Å². The number of amides is 1. The Labute approximate surface area is 134 Å². The van der Waals surface area contributed by atoms with Gasteiger partial charge in [-0.1, -0.05) is 26.0 Å². The summed E-state index contributed by atoms with van der Waals surface area (Å²) in [5.41, 5.74) is 0.952. The largest absolute Gasteiger partial charge is 0.497 e. The normalized spacial score (nSPS) is 13.3. The molecule has 0 heterocycles. The molecule has 124 valence electrons. The summed E-state index contributed by atoms with van der Waals surface area (Å²) in [6, 6.07) is 7.75. The SMILES string of the molecule is COc1ccc(C(C(=O)NCC(C)(C)N(C)C)C(C)C)cc1. The fourth-order valence-electron chi connectivity index (χ4n) is 2.22. The van der Waals surface area contributed by atoms with Crippen LogP contribution in [-0.2, 0) is 4.79 Å². The van der Waals surface area contributed by atoms with Crippen LogP contribution >= 0.6 is 0 Å². The molecule has 0 bridgehead atoms. The number of carbonyl (C=O) groups excluding carboxylic acids is 1. The van der Waals surface area contributed by atoms with Crippen LogP contribution in [0.15, 0.2) is 24.3 Å². The van der Waals surface area contributed by atoms with Crippen LogP contribution in [0.2, 0.25) is 0 Å². The van der Waals surface area contributed by atoms with E-state index in [1.165, 1.54) is 0 Å². The molecule has 0 spiro atoms. The van der Waals surface area contributed by atoms with E-state index in [1.807, 2.05) is 38.4 Å². The smallest absolute Gasteiger partial charge is 0.227 e. The average molecular weight is 306 g/mol. The lowest BCUT2D eigenvalue weighted by Crippen LogP contribution is -2.49. The molecule has 0 saturated heterocycles. The zero-order chi connectivity index (χ0) is 16.9. The van der Waals surface area contributed by atoms with Gasteiger partial charge < -0.3 is 15.0 Å². The van der Waals surface area contributed by atoms with Crippen molar-refractivity contribution in [3.05, 3.63) is 29.8 Å². The molecule has 4 nitrogen and oxygen atoms in total. The first kappa shape index (κ1) is 18.5. The van der Waals surface area contributed by atoms with Crippen molar-refractivity contribution >= 4 is 5.91 Å². The molecular formula is C18H30N2O2. The van der Waals surface area contributed by atoms with Crippen LogP contribution in [0.4, 0.5) is 0 Å². The molecule has 1 aromatic carbocycles. The summed E-state index contributed by atoms with van der Waals surface area (Å²) in [6.07, 6.45) is 0. The van der Waals surface area contributed by atoms with Crippen LogP contribution in [-0.4, -0.2) is 44.1 Å². The Balaban J connectivity index is 2.84. The van der Waals surface area contributed by atoms with Crippen molar-refractivity contribution in [1.29, 1.82) is 0 Å².